The second kappa shape index (κ2) is 9.96. The van der Waals surface area contributed by atoms with Crippen LogP contribution in [0.25, 0.3) is 0 Å². The molecule has 0 radical (unpaired) electrons. The molecule has 2 unspecified atom stereocenters. The van der Waals surface area contributed by atoms with Gasteiger partial charge in [-0.05, 0) is 85.6 Å². The van der Waals surface area contributed by atoms with E-state index in [2.05, 4.69) is 10.6 Å². The van der Waals surface area contributed by atoms with Crippen LogP contribution in [0.1, 0.15) is 75.8 Å². The van der Waals surface area contributed by atoms with E-state index in [9.17, 15) is 27.9 Å². The quantitative estimate of drug-likeness (QED) is 0.365. The number of amides is 2. The lowest BCUT2D eigenvalue weighted by atomic mass is 9.50. The van der Waals surface area contributed by atoms with Crippen molar-refractivity contribution < 1.29 is 36.6 Å². The lowest BCUT2D eigenvalue weighted by Crippen LogP contribution is -2.65. The molecule has 40 heavy (non-hydrogen) atoms. The number of alkyl halides is 5. The number of benzene rings is 1. The van der Waals surface area contributed by atoms with Crippen molar-refractivity contribution in [3.8, 4) is 0 Å². The number of hydrogen-bond acceptors (Lipinski definition) is 3. The third-order valence-electron chi connectivity index (χ3n) is 9.93. The van der Waals surface area contributed by atoms with E-state index in [1.807, 2.05) is 24.3 Å². The van der Waals surface area contributed by atoms with E-state index in [1.54, 1.807) is 13.0 Å². The zero-order valence-electron chi connectivity index (χ0n) is 22.6. The molecule has 0 heterocycles. The second-order valence-corrected chi connectivity index (χ2v) is 11.9. The largest absolute Gasteiger partial charge is 0.456 e. The van der Waals surface area contributed by atoms with Crippen LogP contribution in [0.3, 0.4) is 0 Å². The highest BCUT2D eigenvalue weighted by atomic mass is 19.4. The fourth-order valence-electron chi connectivity index (χ4n) is 7.99. The van der Waals surface area contributed by atoms with Gasteiger partial charge in [0.15, 0.2) is 5.78 Å². The van der Waals surface area contributed by atoms with Crippen LogP contribution in [-0.4, -0.2) is 41.2 Å². The molecule has 1 aromatic carbocycles. The smallest absolute Gasteiger partial charge is 0.383 e. The van der Waals surface area contributed by atoms with Crippen molar-refractivity contribution in [1.82, 2.24) is 10.6 Å². The second-order valence-electron chi connectivity index (χ2n) is 11.9. The molecule has 4 aliphatic carbocycles. The summed E-state index contributed by atoms with van der Waals surface area (Å²) in [6.45, 7) is 3.96. The van der Waals surface area contributed by atoms with E-state index < -0.39 is 41.4 Å². The number of carbonyl (C=O) groups excluding carboxylic acids is 2. The number of rotatable bonds is 5. The number of halogens is 5. The Morgan fingerprint density at radius 3 is 2.40 bits per heavy atom. The molecule has 0 spiro atoms. The SMILES string of the molecule is CCNC(=O)NCc1ccc([C@H]2C[C@@]3(C)C(CC[C@@]3(O)C(F)(F)C(F)(F)F)C3CCC4=CC(=O)CCC4=C32)cc1. The molecule has 0 aromatic heterocycles. The van der Waals surface area contributed by atoms with Gasteiger partial charge in [0.05, 0.1) is 0 Å². The molecule has 10 heteroatoms. The molecule has 2 saturated carbocycles. The van der Waals surface area contributed by atoms with Gasteiger partial charge in [0, 0.05) is 30.8 Å². The van der Waals surface area contributed by atoms with Crippen molar-refractivity contribution in [2.24, 2.45) is 17.3 Å². The summed E-state index contributed by atoms with van der Waals surface area (Å²) in [5.74, 6) is -6.51. The van der Waals surface area contributed by atoms with E-state index >= 15 is 8.78 Å². The third kappa shape index (κ3) is 4.37. The van der Waals surface area contributed by atoms with Gasteiger partial charge >= 0.3 is 18.1 Å². The number of allylic oxidation sites excluding steroid dienone is 4. The summed E-state index contributed by atoms with van der Waals surface area (Å²) in [5.41, 5.74) is -0.354. The van der Waals surface area contributed by atoms with Crippen LogP contribution < -0.4 is 10.6 Å². The minimum atomic E-state index is -5.88. The Morgan fingerprint density at radius 2 is 1.75 bits per heavy atom. The van der Waals surface area contributed by atoms with Gasteiger partial charge in [0.25, 0.3) is 0 Å². The molecule has 3 N–H and O–H groups in total. The van der Waals surface area contributed by atoms with Crippen LogP contribution >= 0.6 is 0 Å². The molecule has 2 fully saturated rings. The van der Waals surface area contributed by atoms with Crippen LogP contribution in [0.2, 0.25) is 0 Å². The molecular formula is C30H35F5N2O3. The molecule has 5 rings (SSSR count). The maximum absolute atomic E-state index is 15.1. The van der Waals surface area contributed by atoms with Crippen molar-refractivity contribution in [2.45, 2.75) is 89.0 Å². The molecular weight excluding hydrogens is 531 g/mol. The summed E-state index contributed by atoms with van der Waals surface area (Å²) in [6, 6.07) is 6.97. The molecule has 218 valence electrons. The van der Waals surface area contributed by atoms with Crippen molar-refractivity contribution in [3.63, 3.8) is 0 Å². The lowest BCUT2D eigenvalue weighted by molar-refractivity contribution is -0.362. The zero-order chi connectivity index (χ0) is 29.1. The molecule has 4 aliphatic rings. The first-order chi connectivity index (χ1) is 18.7. The van der Waals surface area contributed by atoms with Crippen LogP contribution in [-0.2, 0) is 11.3 Å². The van der Waals surface area contributed by atoms with E-state index in [0.717, 1.165) is 27.8 Å². The molecule has 0 aliphatic heterocycles. The van der Waals surface area contributed by atoms with Gasteiger partial charge in [0.1, 0.15) is 5.60 Å². The predicted molar refractivity (Wildman–Crippen MR) is 139 cm³/mol. The van der Waals surface area contributed by atoms with Crippen molar-refractivity contribution in [3.05, 3.63) is 58.2 Å². The number of aliphatic hydroxyl groups is 1. The van der Waals surface area contributed by atoms with Gasteiger partial charge < -0.3 is 15.7 Å². The van der Waals surface area contributed by atoms with Crippen molar-refractivity contribution in [1.29, 1.82) is 0 Å². The number of fused-ring (bicyclic) bond motifs is 4. The number of carbonyl (C=O) groups is 2. The lowest BCUT2D eigenvalue weighted by Gasteiger charge is -2.56. The minimum Gasteiger partial charge on any atom is -0.383 e. The molecule has 5 atom stereocenters. The van der Waals surface area contributed by atoms with Crippen molar-refractivity contribution in [2.75, 3.05) is 6.54 Å². The van der Waals surface area contributed by atoms with Crippen LogP contribution in [0.5, 0.6) is 0 Å². The van der Waals surface area contributed by atoms with Gasteiger partial charge in [-0.3, -0.25) is 4.79 Å². The average molecular weight is 567 g/mol. The summed E-state index contributed by atoms with van der Waals surface area (Å²) in [7, 11) is 0. The van der Waals surface area contributed by atoms with Gasteiger partial charge in [-0.25, -0.2) is 4.79 Å². The summed E-state index contributed by atoms with van der Waals surface area (Å²) in [6.07, 6.45) is -2.87. The van der Waals surface area contributed by atoms with Gasteiger partial charge in [-0.15, -0.1) is 0 Å². The highest BCUT2D eigenvalue weighted by Crippen LogP contribution is 2.70. The summed E-state index contributed by atoms with van der Waals surface area (Å²) in [4.78, 5) is 24.0. The molecule has 0 bridgehead atoms. The summed E-state index contributed by atoms with van der Waals surface area (Å²) >= 11 is 0. The number of hydrogen-bond donors (Lipinski definition) is 3. The topological polar surface area (TPSA) is 78.4 Å². The Hall–Kier alpha value is -2.75. The van der Waals surface area contributed by atoms with Crippen LogP contribution in [0.15, 0.2) is 47.1 Å². The molecule has 1 aromatic rings. The Morgan fingerprint density at radius 1 is 1.05 bits per heavy atom. The Kier molecular flexibility index (Phi) is 7.16. The standard InChI is InChI=1S/C30H35F5N2O3/c1-3-36-26(39)37-16-17-4-6-18(7-5-17)23-15-27(2)24(12-13-28(27,40)29(31,32)30(33,34)35)22-10-8-19-14-20(38)9-11-21(19)25(22)23/h4-7,14,22-24,40H,3,8-13,15-16H2,1-2H3,(H2,36,37,39)/t22?,23-,24?,27+,28+/m1/s1. The third-order valence-corrected chi connectivity index (χ3v) is 9.93. The van der Waals surface area contributed by atoms with Gasteiger partial charge in [-0.1, -0.05) is 36.8 Å². The monoisotopic (exact) mass is 566 g/mol. The Balaban J connectivity index is 1.57. The minimum absolute atomic E-state index is 0.0408. The first-order valence-corrected chi connectivity index (χ1v) is 14.0. The molecule has 5 nitrogen and oxygen atoms in total. The van der Waals surface area contributed by atoms with Gasteiger partial charge in [0.2, 0.25) is 0 Å². The maximum Gasteiger partial charge on any atom is 0.456 e. The number of ketones is 1. The van der Waals surface area contributed by atoms with E-state index in [1.165, 1.54) is 6.92 Å². The fourth-order valence-corrected chi connectivity index (χ4v) is 7.99. The first-order valence-electron chi connectivity index (χ1n) is 14.0. The van der Waals surface area contributed by atoms with Crippen molar-refractivity contribution >= 4 is 11.8 Å². The molecule has 2 amide bonds. The first kappa shape index (κ1) is 28.8. The molecule has 0 saturated heterocycles. The van der Waals surface area contributed by atoms with Gasteiger partial charge in [-0.2, -0.15) is 22.0 Å². The highest BCUT2D eigenvalue weighted by molar-refractivity contribution is 5.93. The number of nitrogens with one attached hydrogen (secondary N) is 2. The van der Waals surface area contributed by atoms with E-state index in [4.69, 9.17) is 0 Å². The van der Waals surface area contributed by atoms with Crippen LogP contribution in [0, 0.1) is 17.3 Å². The normalized spacial score (nSPS) is 32.1. The Labute approximate surface area is 230 Å². The summed E-state index contributed by atoms with van der Waals surface area (Å²) in [5, 5.41) is 16.7. The summed E-state index contributed by atoms with van der Waals surface area (Å²) < 4.78 is 71.3. The number of urea groups is 1. The van der Waals surface area contributed by atoms with Crippen LogP contribution in [0.4, 0.5) is 26.7 Å². The van der Waals surface area contributed by atoms with E-state index in [-0.39, 0.29) is 37.1 Å². The maximum atomic E-state index is 15.1. The highest BCUT2D eigenvalue weighted by Gasteiger charge is 2.79. The Bertz CT molecular complexity index is 1250. The zero-order valence-corrected chi connectivity index (χ0v) is 22.6. The fraction of sp³-hybridized carbons (Fsp3) is 0.600. The average Bonchev–Trinajstić information content (AvgIpc) is 3.18. The predicted octanol–water partition coefficient (Wildman–Crippen LogP) is 6.33. The van der Waals surface area contributed by atoms with E-state index in [0.29, 0.717) is 32.2 Å².